The predicted molar refractivity (Wildman–Crippen MR) is 81.4 cm³/mol. The van der Waals surface area contributed by atoms with E-state index in [0.29, 0.717) is 12.2 Å². The van der Waals surface area contributed by atoms with Gasteiger partial charge in [0, 0.05) is 43.3 Å². The molecule has 0 spiro atoms. The summed E-state index contributed by atoms with van der Waals surface area (Å²) >= 11 is 1.96. The number of hydrogen-bond donors (Lipinski definition) is 1. The van der Waals surface area contributed by atoms with Gasteiger partial charge in [0.25, 0.3) is 5.91 Å². The van der Waals surface area contributed by atoms with E-state index in [0.717, 1.165) is 44.2 Å². The Morgan fingerprint density at radius 2 is 2.29 bits per heavy atom. The lowest BCUT2D eigenvalue weighted by Gasteiger charge is -2.43. The average molecular weight is 308 g/mol. The molecule has 0 radical (unpaired) electrons. The molecule has 0 aliphatic carbocycles. The van der Waals surface area contributed by atoms with Gasteiger partial charge in [0.1, 0.15) is 5.69 Å². The van der Waals surface area contributed by atoms with E-state index in [1.54, 1.807) is 6.20 Å². The van der Waals surface area contributed by atoms with Crippen LogP contribution < -0.4 is 5.32 Å². The largest absolute Gasteiger partial charge is 0.379 e. The van der Waals surface area contributed by atoms with Crippen LogP contribution in [0.25, 0.3) is 0 Å². The molecule has 21 heavy (non-hydrogen) atoms. The van der Waals surface area contributed by atoms with Crippen LogP contribution in [0.15, 0.2) is 18.6 Å². The molecule has 2 aliphatic rings. The number of amides is 1. The molecule has 2 saturated heterocycles. The Kier molecular flexibility index (Phi) is 4.72. The van der Waals surface area contributed by atoms with Crippen molar-refractivity contribution in [1.82, 2.24) is 20.2 Å². The number of ether oxygens (including phenoxy) is 1. The van der Waals surface area contributed by atoms with Crippen molar-refractivity contribution in [3.8, 4) is 0 Å². The number of carbonyl (C=O) groups excluding carboxylic acids is 1. The Bertz CT molecular complexity index is 473. The maximum atomic E-state index is 12.2. The second-order valence-corrected chi connectivity index (χ2v) is 6.50. The Hall–Kier alpha value is -1.18. The fourth-order valence-electron chi connectivity index (χ4n) is 2.89. The first-order valence-electron chi connectivity index (χ1n) is 7.25. The van der Waals surface area contributed by atoms with Crippen molar-refractivity contribution in [2.75, 3.05) is 44.4 Å². The van der Waals surface area contributed by atoms with Crippen molar-refractivity contribution < 1.29 is 9.53 Å². The molecule has 1 aromatic heterocycles. The smallest absolute Gasteiger partial charge is 0.271 e. The summed E-state index contributed by atoms with van der Waals surface area (Å²) in [6.45, 7) is 4.12. The summed E-state index contributed by atoms with van der Waals surface area (Å²) in [5.74, 6) is 2.07. The number of nitrogens with zero attached hydrogens (tertiary/aromatic N) is 3. The van der Waals surface area contributed by atoms with Gasteiger partial charge in [0.05, 0.1) is 19.4 Å². The van der Waals surface area contributed by atoms with Gasteiger partial charge in [-0.3, -0.25) is 14.7 Å². The fourth-order valence-corrected chi connectivity index (χ4v) is 4.36. The van der Waals surface area contributed by atoms with Crippen LogP contribution in [-0.2, 0) is 4.74 Å². The van der Waals surface area contributed by atoms with Crippen molar-refractivity contribution in [2.45, 2.75) is 12.0 Å². The van der Waals surface area contributed by atoms with E-state index in [-0.39, 0.29) is 11.4 Å². The first-order valence-corrected chi connectivity index (χ1v) is 8.40. The first-order chi connectivity index (χ1) is 10.3. The quantitative estimate of drug-likeness (QED) is 0.869. The number of morpholine rings is 1. The van der Waals surface area contributed by atoms with Gasteiger partial charge in [-0.15, -0.1) is 0 Å². The second kappa shape index (κ2) is 6.72. The predicted octanol–water partition coefficient (Wildman–Crippen LogP) is 0.414. The molecule has 1 atom stereocenters. The minimum atomic E-state index is -0.146. The standard InChI is InChI=1S/C14H20N4O2S/c19-13(12-9-15-2-3-16-12)17-10-14(1-8-21-11-14)18-4-6-20-7-5-18/h2-3,9H,1,4-8,10-11H2,(H,17,19)/t14-/m0/s1. The Morgan fingerprint density at radius 1 is 1.43 bits per heavy atom. The molecule has 3 heterocycles. The molecule has 0 unspecified atom stereocenters. The summed E-state index contributed by atoms with van der Waals surface area (Å²) in [5, 5.41) is 3.04. The molecular formula is C14H20N4O2S. The van der Waals surface area contributed by atoms with Gasteiger partial charge in [-0.05, 0) is 12.2 Å². The molecular weight excluding hydrogens is 288 g/mol. The molecule has 0 aromatic carbocycles. The zero-order valence-corrected chi connectivity index (χ0v) is 12.8. The van der Waals surface area contributed by atoms with Crippen LogP contribution in [0.2, 0.25) is 0 Å². The van der Waals surface area contributed by atoms with E-state index in [9.17, 15) is 4.79 Å². The van der Waals surface area contributed by atoms with E-state index < -0.39 is 0 Å². The lowest BCUT2D eigenvalue weighted by Crippen LogP contribution is -2.59. The first kappa shape index (κ1) is 14.7. The van der Waals surface area contributed by atoms with Crippen LogP contribution in [0.1, 0.15) is 16.9 Å². The lowest BCUT2D eigenvalue weighted by atomic mass is 9.95. The molecule has 1 N–H and O–H groups in total. The molecule has 0 bridgehead atoms. The Labute approximate surface area is 128 Å². The van der Waals surface area contributed by atoms with Gasteiger partial charge in [0.2, 0.25) is 0 Å². The summed E-state index contributed by atoms with van der Waals surface area (Å²) in [6.07, 6.45) is 5.72. The van der Waals surface area contributed by atoms with E-state index in [1.165, 1.54) is 12.4 Å². The number of rotatable bonds is 4. The van der Waals surface area contributed by atoms with Crippen LogP contribution in [0.3, 0.4) is 0 Å². The van der Waals surface area contributed by atoms with Crippen molar-refractivity contribution >= 4 is 17.7 Å². The molecule has 3 rings (SSSR count). The molecule has 1 amide bonds. The molecule has 1 aromatic rings. The average Bonchev–Trinajstić information content (AvgIpc) is 3.04. The van der Waals surface area contributed by atoms with Crippen LogP contribution >= 0.6 is 11.8 Å². The third kappa shape index (κ3) is 3.36. The van der Waals surface area contributed by atoms with Crippen LogP contribution in [-0.4, -0.2) is 70.7 Å². The highest BCUT2D eigenvalue weighted by atomic mass is 32.2. The van der Waals surface area contributed by atoms with Crippen LogP contribution in [0, 0.1) is 0 Å². The number of nitrogens with one attached hydrogen (secondary N) is 1. The maximum Gasteiger partial charge on any atom is 0.271 e. The molecule has 6 nitrogen and oxygen atoms in total. The third-order valence-corrected chi connectivity index (χ3v) is 5.37. The summed E-state index contributed by atoms with van der Waals surface area (Å²) in [4.78, 5) is 22.6. The minimum Gasteiger partial charge on any atom is -0.379 e. The third-order valence-electron chi connectivity index (χ3n) is 4.14. The minimum absolute atomic E-state index is 0.0618. The maximum absolute atomic E-state index is 12.2. The summed E-state index contributed by atoms with van der Waals surface area (Å²) < 4.78 is 5.45. The Morgan fingerprint density at radius 3 is 2.95 bits per heavy atom. The van der Waals surface area contributed by atoms with Crippen molar-refractivity contribution in [3.05, 3.63) is 24.3 Å². The van der Waals surface area contributed by atoms with E-state index in [4.69, 9.17) is 4.74 Å². The highest BCUT2D eigenvalue weighted by Gasteiger charge is 2.40. The van der Waals surface area contributed by atoms with Gasteiger partial charge in [-0.25, -0.2) is 4.98 Å². The van der Waals surface area contributed by atoms with E-state index in [1.807, 2.05) is 11.8 Å². The molecule has 114 valence electrons. The monoisotopic (exact) mass is 308 g/mol. The van der Waals surface area contributed by atoms with E-state index in [2.05, 4.69) is 20.2 Å². The van der Waals surface area contributed by atoms with Gasteiger partial charge < -0.3 is 10.1 Å². The molecule has 0 saturated carbocycles. The topological polar surface area (TPSA) is 67.4 Å². The number of thioether (sulfide) groups is 1. The van der Waals surface area contributed by atoms with Crippen molar-refractivity contribution in [3.63, 3.8) is 0 Å². The summed E-state index contributed by atoms with van der Waals surface area (Å²) in [7, 11) is 0. The van der Waals surface area contributed by atoms with Gasteiger partial charge in [-0.1, -0.05) is 0 Å². The van der Waals surface area contributed by atoms with Crippen molar-refractivity contribution in [1.29, 1.82) is 0 Å². The number of carbonyl (C=O) groups is 1. The summed E-state index contributed by atoms with van der Waals surface area (Å²) in [5.41, 5.74) is 0.437. The highest BCUT2D eigenvalue weighted by molar-refractivity contribution is 7.99. The van der Waals surface area contributed by atoms with Crippen LogP contribution in [0.4, 0.5) is 0 Å². The van der Waals surface area contributed by atoms with Gasteiger partial charge in [0.15, 0.2) is 0 Å². The SMILES string of the molecule is O=C(NC[C@@]1(N2CCOCC2)CCSC1)c1cnccn1. The zero-order chi connectivity index (χ0) is 14.5. The molecule has 2 fully saturated rings. The number of aromatic nitrogens is 2. The van der Waals surface area contributed by atoms with Gasteiger partial charge >= 0.3 is 0 Å². The van der Waals surface area contributed by atoms with Gasteiger partial charge in [-0.2, -0.15) is 11.8 Å². The highest BCUT2D eigenvalue weighted by Crippen LogP contribution is 2.33. The summed E-state index contributed by atoms with van der Waals surface area (Å²) in [6, 6.07) is 0. The number of hydrogen-bond acceptors (Lipinski definition) is 6. The Balaban J connectivity index is 1.64. The van der Waals surface area contributed by atoms with E-state index >= 15 is 0 Å². The van der Waals surface area contributed by atoms with Crippen LogP contribution in [0.5, 0.6) is 0 Å². The fraction of sp³-hybridized carbons (Fsp3) is 0.643. The normalized spacial score (nSPS) is 26.7. The second-order valence-electron chi connectivity index (χ2n) is 5.40. The molecule has 7 heteroatoms. The zero-order valence-electron chi connectivity index (χ0n) is 12.0. The van der Waals surface area contributed by atoms with Crippen molar-refractivity contribution in [2.24, 2.45) is 0 Å². The lowest BCUT2D eigenvalue weighted by molar-refractivity contribution is -0.0129. The molecule has 2 aliphatic heterocycles.